The highest BCUT2D eigenvalue weighted by atomic mass is 16.5. The zero-order valence-electron chi connectivity index (χ0n) is 12.6. The average molecular weight is 293 g/mol. The number of ether oxygens (including phenoxy) is 1. The van der Waals surface area contributed by atoms with Gasteiger partial charge in [-0.1, -0.05) is 42.2 Å². The Bertz CT molecular complexity index is 669. The SMILES string of the molecule is COc1cccc(CCC(=O)NCC#Cc2ccccc2)c1. The van der Waals surface area contributed by atoms with Crippen molar-refractivity contribution in [3.8, 4) is 17.6 Å². The molecule has 112 valence electrons. The highest BCUT2D eigenvalue weighted by Crippen LogP contribution is 2.13. The summed E-state index contributed by atoms with van der Waals surface area (Å²) in [6, 6.07) is 17.5. The normalized spacial score (nSPS) is 9.50. The maximum absolute atomic E-state index is 11.8. The molecule has 2 aromatic rings. The molecule has 0 saturated carbocycles. The first kappa shape index (κ1) is 15.7. The lowest BCUT2D eigenvalue weighted by Gasteiger charge is -2.04. The molecule has 0 aliphatic heterocycles. The second kappa shape index (κ2) is 8.53. The molecule has 1 N–H and O–H groups in total. The van der Waals surface area contributed by atoms with E-state index in [0.29, 0.717) is 19.4 Å². The summed E-state index contributed by atoms with van der Waals surface area (Å²) in [5.41, 5.74) is 2.04. The summed E-state index contributed by atoms with van der Waals surface area (Å²) < 4.78 is 5.16. The van der Waals surface area contributed by atoms with Gasteiger partial charge in [0.1, 0.15) is 5.75 Å². The molecule has 1 amide bonds. The van der Waals surface area contributed by atoms with Crippen LogP contribution < -0.4 is 10.1 Å². The standard InChI is InChI=1S/C19H19NO2/c1-22-18-11-5-9-17(15-18)12-13-19(21)20-14-6-10-16-7-3-2-4-8-16/h2-5,7-9,11,15H,12-14H2,1H3,(H,20,21). The molecule has 0 bridgehead atoms. The van der Waals surface area contributed by atoms with Crippen LogP contribution in [0.3, 0.4) is 0 Å². The molecule has 2 aromatic carbocycles. The zero-order valence-corrected chi connectivity index (χ0v) is 12.6. The summed E-state index contributed by atoms with van der Waals surface area (Å²) in [4.78, 5) is 11.8. The monoisotopic (exact) mass is 293 g/mol. The second-order valence-electron chi connectivity index (χ2n) is 4.80. The highest BCUT2D eigenvalue weighted by Gasteiger charge is 2.02. The van der Waals surface area contributed by atoms with Crippen molar-refractivity contribution in [1.82, 2.24) is 5.32 Å². The van der Waals surface area contributed by atoms with Crippen LogP contribution >= 0.6 is 0 Å². The van der Waals surface area contributed by atoms with Gasteiger partial charge in [-0.25, -0.2) is 0 Å². The molecule has 0 atom stereocenters. The Morgan fingerprint density at radius 3 is 2.73 bits per heavy atom. The number of hydrogen-bond donors (Lipinski definition) is 1. The van der Waals surface area contributed by atoms with Crippen molar-refractivity contribution in [3.63, 3.8) is 0 Å². The Kier molecular flexibility index (Phi) is 6.07. The van der Waals surface area contributed by atoms with Crippen molar-refractivity contribution in [2.45, 2.75) is 12.8 Å². The van der Waals surface area contributed by atoms with E-state index in [9.17, 15) is 4.79 Å². The fraction of sp³-hybridized carbons (Fsp3) is 0.211. The molecule has 22 heavy (non-hydrogen) atoms. The van der Waals surface area contributed by atoms with Gasteiger partial charge in [-0.3, -0.25) is 4.79 Å². The van der Waals surface area contributed by atoms with Crippen molar-refractivity contribution < 1.29 is 9.53 Å². The molecule has 0 aliphatic rings. The van der Waals surface area contributed by atoms with Gasteiger partial charge >= 0.3 is 0 Å². The summed E-state index contributed by atoms with van der Waals surface area (Å²) in [6.07, 6.45) is 1.13. The summed E-state index contributed by atoms with van der Waals surface area (Å²) >= 11 is 0. The Labute approximate surface area is 131 Å². The summed E-state index contributed by atoms with van der Waals surface area (Å²) in [7, 11) is 1.64. The first-order valence-electron chi connectivity index (χ1n) is 7.21. The smallest absolute Gasteiger partial charge is 0.221 e. The fourth-order valence-electron chi connectivity index (χ4n) is 1.98. The third-order valence-corrected chi connectivity index (χ3v) is 3.16. The first-order valence-corrected chi connectivity index (χ1v) is 7.21. The third-order valence-electron chi connectivity index (χ3n) is 3.16. The number of hydrogen-bond acceptors (Lipinski definition) is 2. The van der Waals surface area contributed by atoms with Gasteiger partial charge in [0, 0.05) is 12.0 Å². The van der Waals surface area contributed by atoms with E-state index in [-0.39, 0.29) is 5.91 Å². The predicted molar refractivity (Wildman–Crippen MR) is 87.6 cm³/mol. The largest absolute Gasteiger partial charge is 0.497 e. The Hall–Kier alpha value is -2.73. The van der Waals surface area contributed by atoms with Crippen LogP contribution in [0.25, 0.3) is 0 Å². The lowest BCUT2D eigenvalue weighted by molar-refractivity contribution is -0.120. The number of amides is 1. The number of nitrogens with one attached hydrogen (secondary N) is 1. The summed E-state index contributed by atoms with van der Waals surface area (Å²) in [6.45, 7) is 0.367. The Balaban J connectivity index is 1.73. The molecule has 0 radical (unpaired) electrons. The van der Waals surface area contributed by atoms with E-state index >= 15 is 0 Å². The van der Waals surface area contributed by atoms with Crippen molar-refractivity contribution in [3.05, 3.63) is 65.7 Å². The van der Waals surface area contributed by atoms with Gasteiger partial charge in [0.25, 0.3) is 0 Å². The van der Waals surface area contributed by atoms with Gasteiger partial charge < -0.3 is 10.1 Å². The Morgan fingerprint density at radius 1 is 1.14 bits per heavy atom. The fourth-order valence-corrected chi connectivity index (χ4v) is 1.98. The van der Waals surface area contributed by atoms with Crippen LogP contribution in [0.15, 0.2) is 54.6 Å². The number of benzene rings is 2. The second-order valence-corrected chi connectivity index (χ2v) is 4.80. The van der Waals surface area contributed by atoms with Gasteiger partial charge in [-0.2, -0.15) is 0 Å². The van der Waals surface area contributed by atoms with E-state index in [1.165, 1.54) is 0 Å². The highest BCUT2D eigenvalue weighted by molar-refractivity contribution is 5.76. The van der Waals surface area contributed by atoms with Gasteiger partial charge in [0.2, 0.25) is 5.91 Å². The molecule has 2 rings (SSSR count). The molecular formula is C19H19NO2. The van der Waals surface area contributed by atoms with Crippen LogP contribution in [-0.2, 0) is 11.2 Å². The molecule has 0 aliphatic carbocycles. The minimum Gasteiger partial charge on any atom is -0.497 e. The molecule has 3 nitrogen and oxygen atoms in total. The van der Waals surface area contributed by atoms with Crippen LogP contribution in [0, 0.1) is 11.8 Å². The van der Waals surface area contributed by atoms with Crippen LogP contribution in [0.2, 0.25) is 0 Å². The molecule has 0 unspecified atom stereocenters. The topological polar surface area (TPSA) is 38.3 Å². The van der Waals surface area contributed by atoms with Gasteiger partial charge in [0.15, 0.2) is 0 Å². The minimum atomic E-state index is 0.00480. The quantitative estimate of drug-likeness (QED) is 0.861. The third kappa shape index (κ3) is 5.34. The van der Waals surface area contributed by atoms with E-state index in [1.54, 1.807) is 7.11 Å². The number of methoxy groups -OCH3 is 1. The van der Waals surface area contributed by atoms with Crippen molar-refractivity contribution >= 4 is 5.91 Å². The van der Waals surface area contributed by atoms with Gasteiger partial charge in [0.05, 0.1) is 13.7 Å². The number of carbonyl (C=O) groups is 1. The van der Waals surface area contributed by atoms with E-state index in [2.05, 4.69) is 17.2 Å². The molecule has 0 spiro atoms. The maximum Gasteiger partial charge on any atom is 0.221 e. The van der Waals surface area contributed by atoms with Crippen LogP contribution in [0.4, 0.5) is 0 Å². The van der Waals surface area contributed by atoms with Crippen molar-refractivity contribution in [2.75, 3.05) is 13.7 Å². The molecule has 3 heteroatoms. The first-order chi connectivity index (χ1) is 10.8. The molecule has 0 fully saturated rings. The average Bonchev–Trinajstić information content (AvgIpc) is 2.58. The minimum absolute atomic E-state index is 0.00480. The number of rotatable bonds is 5. The lowest BCUT2D eigenvalue weighted by atomic mass is 10.1. The molecule has 0 heterocycles. The van der Waals surface area contributed by atoms with Crippen LogP contribution in [0.1, 0.15) is 17.5 Å². The lowest BCUT2D eigenvalue weighted by Crippen LogP contribution is -2.23. The van der Waals surface area contributed by atoms with E-state index in [0.717, 1.165) is 16.9 Å². The van der Waals surface area contributed by atoms with Gasteiger partial charge in [-0.15, -0.1) is 0 Å². The van der Waals surface area contributed by atoms with Crippen molar-refractivity contribution in [2.24, 2.45) is 0 Å². The molecule has 0 saturated heterocycles. The Morgan fingerprint density at radius 2 is 1.95 bits per heavy atom. The summed E-state index contributed by atoms with van der Waals surface area (Å²) in [5.74, 6) is 6.77. The van der Waals surface area contributed by atoms with Crippen LogP contribution in [0.5, 0.6) is 5.75 Å². The molecule has 0 aromatic heterocycles. The summed E-state index contributed by atoms with van der Waals surface area (Å²) in [5, 5.41) is 2.81. The van der Waals surface area contributed by atoms with E-state index in [1.807, 2.05) is 54.6 Å². The van der Waals surface area contributed by atoms with E-state index in [4.69, 9.17) is 4.74 Å². The van der Waals surface area contributed by atoms with E-state index < -0.39 is 0 Å². The van der Waals surface area contributed by atoms with Crippen LogP contribution in [-0.4, -0.2) is 19.6 Å². The zero-order chi connectivity index (χ0) is 15.6. The maximum atomic E-state index is 11.8. The van der Waals surface area contributed by atoms with Crippen molar-refractivity contribution in [1.29, 1.82) is 0 Å². The number of aryl methyl sites for hydroxylation is 1. The van der Waals surface area contributed by atoms with Gasteiger partial charge in [-0.05, 0) is 36.2 Å². The predicted octanol–water partition coefficient (Wildman–Crippen LogP) is 2.80. The molecular weight excluding hydrogens is 274 g/mol. The number of carbonyl (C=O) groups excluding carboxylic acids is 1.